The van der Waals surface area contributed by atoms with Crippen LogP contribution in [0, 0.1) is 12.8 Å². The van der Waals surface area contributed by atoms with Crippen molar-refractivity contribution in [3.8, 4) is 0 Å². The van der Waals surface area contributed by atoms with Gasteiger partial charge in [0.2, 0.25) is 0 Å². The minimum atomic E-state index is -0.000370. The SMILES string of the molecule is CNC(Cn1c(=O)c(C)nc2ccccc21)C(C)C. The second-order valence-electron chi connectivity index (χ2n) is 5.24. The number of likely N-dealkylation sites (N-methyl/N-ethyl adjacent to an activating group) is 1. The molecule has 1 heterocycles. The average Bonchev–Trinajstić information content (AvgIpc) is 2.39. The number of rotatable bonds is 4. The first-order valence-corrected chi connectivity index (χ1v) is 6.68. The summed E-state index contributed by atoms with van der Waals surface area (Å²) in [6.07, 6.45) is 0. The van der Waals surface area contributed by atoms with Gasteiger partial charge >= 0.3 is 0 Å². The molecule has 4 nitrogen and oxygen atoms in total. The highest BCUT2D eigenvalue weighted by molar-refractivity contribution is 5.74. The summed E-state index contributed by atoms with van der Waals surface area (Å²) in [5, 5.41) is 3.28. The first kappa shape index (κ1) is 13.7. The molecule has 0 aliphatic carbocycles. The molecular formula is C15H21N3O. The summed E-state index contributed by atoms with van der Waals surface area (Å²) in [6, 6.07) is 8.06. The van der Waals surface area contributed by atoms with Gasteiger partial charge in [0.15, 0.2) is 0 Å². The molecule has 0 saturated heterocycles. The Kier molecular flexibility index (Phi) is 4.00. The minimum absolute atomic E-state index is 0.000370. The Balaban J connectivity index is 2.58. The van der Waals surface area contributed by atoms with Gasteiger partial charge in [-0.3, -0.25) is 4.79 Å². The Hall–Kier alpha value is -1.68. The molecule has 102 valence electrons. The third-order valence-electron chi connectivity index (χ3n) is 3.57. The van der Waals surface area contributed by atoms with E-state index in [1.165, 1.54) is 0 Å². The number of hydrogen-bond donors (Lipinski definition) is 1. The molecule has 0 bridgehead atoms. The highest BCUT2D eigenvalue weighted by Gasteiger charge is 2.15. The van der Waals surface area contributed by atoms with Crippen molar-refractivity contribution in [3.05, 3.63) is 40.3 Å². The van der Waals surface area contributed by atoms with Crippen LogP contribution in [0.15, 0.2) is 29.1 Å². The van der Waals surface area contributed by atoms with Crippen LogP contribution in [0.3, 0.4) is 0 Å². The molecule has 2 rings (SSSR count). The van der Waals surface area contributed by atoms with Crippen molar-refractivity contribution in [2.24, 2.45) is 5.92 Å². The predicted octanol–water partition coefficient (Wildman–Crippen LogP) is 1.95. The first-order chi connectivity index (χ1) is 9.04. The topological polar surface area (TPSA) is 46.9 Å². The normalized spacial score (nSPS) is 13.1. The number of para-hydroxylation sites is 2. The molecule has 0 saturated carbocycles. The van der Waals surface area contributed by atoms with Gasteiger partial charge in [-0.25, -0.2) is 4.98 Å². The molecule has 1 aromatic carbocycles. The summed E-state index contributed by atoms with van der Waals surface area (Å²) >= 11 is 0. The molecule has 0 aliphatic heterocycles. The number of aryl methyl sites for hydroxylation is 1. The Morgan fingerprint density at radius 3 is 2.63 bits per heavy atom. The third kappa shape index (κ3) is 2.68. The Morgan fingerprint density at radius 1 is 1.32 bits per heavy atom. The number of nitrogens with one attached hydrogen (secondary N) is 1. The minimum Gasteiger partial charge on any atom is -0.315 e. The standard InChI is InChI=1S/C15H21N3O/c1-10(2)13(16-4)9-18-14-8-6-5-7-12(14)17-11(3)15(18)19/h5-8,10,13,16H,9H2,1-4H3. The maximum absolute atomic E-state index is 12.3. The van der Waals surface area contributed by atoms with Crippen LogP contribution in [0.25, 0.3) is 11.0 Å². The number of fused-ring (bicyclic) bond motifs is 1. The lowest BCUT2D eigenvalue weighted by atomic mass is 10.0. The van der Waals surface area contributed by atoms with E-state index in [-0.39, 0.29) is 11.6 Å². The number of aromatic nitrogens is 2. The highest BCUT2D eigenvalue weighted by Crippen LogP contribution is 2.12. The van der Waals surface area contributed by atoms with Crippen LogP contribution in [0.1, 0.15) is 19.5 Å². The molecule has 2 aromatic rings. The second-order valence-corrected chi connectivity index (χ2v) is 5.24. The van der Waals surface area contributed by atoms with Gasteiger partial charge in [0.25, 0.3) is 5.56 Å². The van der Waals surface area contributed by atoms with Gasteiger partial charge in [-0.15, -0.1) is 0 Å². The molecule has 0 amide bonds. The van der Waals surface area contributed by atoms with Gasteiger partial charge in [-0.1, -0.05) is 26.0 Å². The van der Waals surface area contributed by atoms with Crippen LogP contribution >= 0.6 is 0 Å². The van der Waals surface area contributed by atoms with E-state index >= 15 is 0 Å². The third-order valence-corrected chi connectivity index (χ3v) is 3.57. The molecule has 1 aromatic heterocycles. The van der Waals surface area contributed by atoms with E-state index in [1.807, 2.05) is 35.9 Å². The number of nitrogens with zero attached hydrogens (tertiary/aromatic N) is 2. The van der Waals surface area contributed by atoms with Crippen LogP contribution in [0.4, 0.5) is 0 Å². The van der Waals surface area contributed by atoms with Crippen molar-refractivity contribution in [1.82, 2.24) is 14.9 Å². The van der Waals surface area contributed by atoms with Gasteiger partial charge in [0.05, 0.1) is 11.0 Å². The van der Waals surface area contributed by atoms with Crippen molar-refractivity contribution in [3.63, 3.8) is 0 Å². The summed E-state index contributed by atoms with van der Waals surface area (Å²) in [4.78, 5) is 16.7. The molecule has 0 radical (unpaired) electrons. The molecule has 4 heteroatoms. The Labute approximate surface area is 113 Å². The summed E-state index contributed by atoms with van der Waals surface area (Å²) in [7, 11) is 1.94. The lowest BCUT2D eigenvalue weighted by molar-refractivity contribution is 0.377. The van der Waals surface area contributed by atoms with E-state index in [1.54, 1.807) is 6.92 Å². The summed E-state index contributed by atoms with van der Waals surface area (Å²) < 4.78 is 1.83. The quantitative estimate of drug-likeness (QED) is 0.913. The highest BCUT2D eigenvalue weighted by atomic mass is 16.1. The molecule has 0 aliphatic rings. The summed E-state index contributed by atoms with van der Waals surface area (Å²) in [5.41, 5.74) is 2.33. The fourth-order valence-corrected chi connectivity index (χ4v) is 2.33. The van der Waals surface area contributed by atoms with Crippen LogP contribution in [0.2, 0.25) is 0 Å². The molecule has 0 spiro atoms. The zero-order chi connectivity index (χ0) is 14.0. The van der Waals surface area contributed by atoms with Crippen molar-refractivity contribution in [2.75, 3.05) is 7.05 Å². The van der Waals surface area contributed by atoms with Gasteiger partial charge in [-0.2, -0.15) is 0 Å². The maximum Gasteiger partial charge on any atom is 0.272 e. The Morgan fingerprint density at radius 2 is 2.00 bits per heavy atom. The molecule has 1 unspecified atom stereocenters. The fraction of sp³-hybridized carbons (Fsp3) is 0.467. The number of hydrogen-bond acceptors (Lipinski definition) is 3. The van der Waals surface area contributed by atoms with Gasteiger partial charge < -0.3 is 9.88 Å². The zero-order valence-corrected chi connectivity index (χ0v) is 12.0. The van der Waals surface area contributed by atoms with Crippen molar-refractivity contribution in [1.29, 1.82) is 0 Å². The van der Waals surface area contributed by atoms with E-state index < -0.39 is 0 Å². The van der Waals surface area contributed by atoms with E-state index in [9.17, 15) is 4.79 Å². The lowest BCUT2D eigenvalue weighted by Gasteiger charge is -2.22. The van der Waals surface area contributed by atoms with Crippen molar-refractivity contribution >= 4 is 11.0 Å². The van der Waals surface area contributed by atoms with E-state index in [4.69, 9.17) is 0 Å². The van der Waals surface area contributed by atoms with Crippen LogP contribution in [0.5, 0.6) is 0 Å². The van der Waals surface area contributed by atoms with Gasteiger partial charge in [0.1, 0.15) is 5.69 Å². The zero-order valence-electron chi connectivity index (χ0n) is 12.0. The van der Waals surface area contributed by atoms with Gasteiger partial charge in [-0.05, 0) is 32.0 Å². The van der Waals surface area contributed by atoms with E-state index in [0.717, 1.165) is 11.0 Å². The molecule has 19 heavy (non-hydrogen) atoms. The average molecular weight is 259 g/mol. The monoisotopic (exact) mass is 259 g/mol. The van der Waals surface area contributed by atoms with E-state index in [0.29, 0.717) is 18.2 Å². The number of benzene rings is 1. The predicted molar refractivity (Wildman–Crippen MR) is 78.4 cm³/mol. The summed E-state index contributed by atoms with van der Waals surface area (Å²) in [5.74, 6) is 0.462. The first-order valence-electron chi connectivity index (χ1n) is 6.68. The molecule has 1 N–H and O–H groups in total. The fourth-order valence-electron chi connectivity index (χ4n) is 2.33. The lowest BCUT2D eigenvalue weighted by Crippen LogP contribution is -2.39. The van der Waals surface area contributed by atoms with Crippen LogP contribution < -0.4 is 10.9 Å². The second kappa shape index (κ2) is 5.53. The Bertz CT molecular complexity index is 631. The summed E-state index contributed by atoms with van der Waals surface area (Å²) in [6.45, 7) is 6.75. The smallest absolute Gasteiger partial charge is 0.272 e. The van der Waals surface area contributed by atoms with Crippen molar-refractivity contribution < 1.29 is 0 Å². The maximum atomic E-state index is 12.3. The molecule has 1 atom stereocenters. The molecule has 0 fully saturated rings. The van der Waals surface area contributed by atoms with Gasteiger partial charge in [0, 0.05) is 12.6 Å². The largest absolute Gasteiger partial charge is 0.315 e. The molecular weight excluding hydrogens is 238 g/mol. The van der Waals surface area contributed by atoms with Crippen LogP contribution in [-0.2, 0) is 6.54 Å². The van der Waals surface area contributed by atoms with Crippen LogP contribution in [-0.4, -0.2) is 22.6 Å². The van der Waals surface area contributed by atoms with Crippen molar-refractivity contribution in [2.45, 2.75) is 33.4 Å². The van der Waals surface area contributed by atoms with E-state index in [2.05, 4.69) is 24.1 Å².